The molecule has 0 saturated carbocycles. The number of nitrogens with one attached hydrogen (secondary N) is 1. The first-order valence-electron chi connectivity index (χ1n) is 6.01. The van der Waals surface area contributed by atoms with Gasteiger partial charge >= 0.3 is 5.97 Å². The highest BCUT2D eigenvalue weighted by Gasteiger charge is 2.10. The van der Waals surface area contributed by atoms with Crippen molar-refractivity contribution in [2.24, 2.45) is 0 Å². The molecule has 0 aliphatic heterocycles. The Morgan fingerprint density at radius 3 is 2.81 bits per heavy atom. The number of thioether (sulfide) groups is 1. The van der Waals surface area contributed by atoms with Crippen molar-refractivity contribution >= 4 is 46.6 Å². The largest absolute Gasteiger partial charge is 0.478 e. The second kappa shape index (κ2) is 7.49. The molecular formula is C14H12ClNO3S2. The van der Waals surface area contributed by atoms with Crippen molar-refractivity contribution in [3.8, 4) is 0 Å². The van der Waals surface area contributed by atoms with Crippen LogP contribution in [-0.2, 0) is 11.3 Å². The second-order valence-electron chi connectivity index (χ2n) is 4.09. The Labute approximate surface area is 135 Å². The van der Waals surface area contributed by atoms with Gasteiger partial charge in [0.2, 0.25) is 5.91 Å². The second-order valence-corrected chi connectivity index (χ2v) is 6.58. The molecule has 7 heteroatoms. The molecule has 0 saturated heterocycles. The lowest BCUT2D eigenvalue weighted by molar-refractivity contribution is -0.118. The van der Waals surface area contributed by atoms with Crippen molar-refractivity contribution < 1.29 is 14.7 Å². The fraction of sp³-hybridized carbons (Fsp3) is 0.143. The summed E-state index contributed by atoms with van der Waals surface area (Å²) in [6, 6.07) is 8.59. The topological polar surface area (TPSA) is 66.4 Å². The zero-order chi connectivity index (χ0) is 15.2. The highest BCUT2D eigenvalue weighted by atomic mass is 35.5. The predicted molar refractivity (Wildman–Crippen MR) is 85.3 cm³/mol. The van der Waals surface area contributed by atoms with Gasteiger partial charge in [0.1, 0.15) is 0 Å². The van der Waals surface area contributed by atoms with Crippen LogP contribution in [0.5, 0.6) is 0 Å². The molecule has 110 valence electrons. The monoisotopic (exact) mass is 341 g/mol. The van der Waals surface area contributed by atoms with Crippen molar-refractivity contribution in [3.63, 3.8) is 0 Å². The number of carboxylic acid groups (broad SMARTS) is 1. The first kappa shape index (κ1) is 15.9. The number of carbonyl (C=O) groups is 2. The van der Waals surface area contributed by atoms with Crippen LogP contribution in [0.25, 0.3) is 0 Å². The molecule has 2 N–H and O–H groups in total. The number of rotatable bonds is 6. The Bertz CT molecular complexity index is 644. The predicted octanol–water partition coefficient (Wildman–Crippen LogP) is 3.51. The summed E-state index contributed by atoms with van der Waals surface area (Å²) >= 11 is 8.65. The van der Waals surface area contributed by atoms with Crippen LogP contribution in [0.4, 0.5) is 0 Å². The van der Waals surface area contributed by atoms with Crippen LogP contribution in [0.1, 0.15) is 15.2 Å². The van der Waals surface area contributed by atoms with E-state index in [0.29, 0.717) is 11.4 Å². The Hall–Kier alpha value is -1.50. The Balaban J connectivity index is 1.86. The van der Waals surface area contributed by atoms with E-state index >= 15 is 0 Å². The molecular weight excluding hydrogens is 330 g/mol. The van der Waals surface area contributed by atoms with Crippen LogP contribution < -0.4 is 5.32 Å². The number of aromatic carboxylic acids is 1. The quantitative estimate of drug-likeness (QED) is 0.789. The zero-order valence-corrected chi connectivity index (χ0v) is 13.2. The third-order valence-corrected chi connectivity index (χ3v) is 4.78. The average molecular weight is 342 g/mol. The summed E-state index contributed by atoms with van der Waals surface area (Å²) in [5, 5.41) is 13.9. The lowest BCUT2D eigenvalue weighted by Crippen LogP contribution is -2.24. The maximum Gasteiger partial charge on any atom is 0.337 e. The summed E-state index contributed by atoms with van der Waals surface area (Å²) < 4.78 is 0. The molecule has 0 fully saturated rings. The molecule has 4 nitrogen and oxygen atoms in total. The minimum absolute atomic E-state index is 0.0423. The third-order valence-electron chi connectivity index (χ3n) is 2.58. The van der Waals surface area contributed by atoms with Crippen molar-refractivity contribution in [1.82, 2.24) is 5.32 Å². The highest BCUT2D eigenvalue weighted by molar-refractivity contribution is 8.00. The molecule has 0 aliphatic rings. The summed E-state index contributed by atoms with van der Waals surface area (Å²) in [7, 11) is 0. The van der Waals surface area contributed by atoms with Crippen LogP contribution >= 0.6 is 34.7 Å². The normalized spacial score (nSPS) is 10.3. The lowest BCUT2D eigenvalue weighted by Gasteiger charge is -2.05. The number of carbonyl (C=O) groups excluding carboxylic acids is 1. The maximum absolute atomic E-state index is 11.7. The molecule has 0 unspecified atom stereocenters. The molecule has 1 heterocycles. The molecule has 0 atom stereocenters. The standard InChI is InChI=1S/C14H12ClNO3S2/c15-12-4-3-9(6-11(12)14(18)19)21-8-13(17)16-7-10-2-1-5-20-10/h1-6H,7-8H2,(H,16,17)(H,18,19). The van der Waals surface area contributed by atoms with E-state index in [1.807, 2.05) is 17.5 Å². The molecule has 0 bridgehead atoms. The van der Waals surface area contributed by atoms with Crippen molar-refractivity contribution in [2.75, 3.05) is 5.75 Å². The van der Waals surface area contributed by atoms with Gasteiger partial charge in [0.25, 0.3) is 0 Å². The van der Waals surface area contributed by atoms with Gasteiger partial charge in [-0.3, -0.25) is 4.79 Å². The lowest BCUT2D eigenvalue weighted by atomic mass is 10.2. The van der Waals surface area contributed by atoms with Gasteiger partial charge < -0.3 is 10.4 Å². The van der Waals surface area contributed by atoms with Crippen LogP contribution in [-0.4, -0.2) is 22.7 Å². The average Bonchev–Trinajstić information content (AvgIpc) is 2.97. The van der Waals surface area contributed by atoms with Gasteiger partial charge in [0.05, 0.1) is 22.9 Å². The Morgan fingerprint density at radius 1 is 1.33 bits per heavy atom. The zero-order valence-electron chi connectivity index (χ0n) is 10.8. The number of carboxylic acids is 1. The number of halogens is 1. The molecule has 0 spiro atoms. The third kappa shape index (κ3) is 4.77. The smallest absolute Gasteiger partial charge is 0.337 e. The van der Waals surface area contributed by atoms with E-state index in [-0.39, 0.29) is 22.2 Å². The highest BCUT2D eigenvalue weighted by Crippen LogP contribution is 2.24. The summed E-state index contributed by atoms with van der Waals surface area (Å²) in [5.74, 6) is -0.948. The SMILES string of the molecule is O=C(CSc1ccc(Cl)c(C(=O)O)c1)NCc1cccs1. The van der Waals surface area contributed by atoms with Gasteiger partial charge in [-0.15, -0.1) is 23.1 Å². The minimum Gasteiger partial charge on any atom is -0.478 e. The summed E-state index contributed by atoms with van der Waals surface area (Å²) in [5.41, 5.74) is 0.0423. The fourth-order valence-electron chi connectivity index (χ4n) is 1.56. The van der Waals surface area contributed by atoms with E-state index in [4.69, 9.17) is 16.7 Å². The molecule has 1 aromatic carbocycles. The summed E-state index contributed by atoms with van der Waals surface area (Å²) in [4.78, 5) is 24.5. The van der Waals surface area contributed by atoms with Gasteiger partial charge in [-0.1, -0.05) is 17.7 Å². The van der Waals surface area contributed by atoms with Gasteiger partial charge in [0, 0.05) is 9.77 Å². The van der Waals surface area contributed by atoms with Crippen molar-refractivity contribution in [1.29, 1.82) is 0 Å². The van der Waals surface area contributed by atoms with Crippen molar-refractivity contribution in [2.45, 2.75) is 11.4 Å². The van der Waals surface area contributed by atoms with Gasteiger partial charge in [-0.2, -0.15) is 0 Å². The van der Waals surface area contributed by atoms with Gasteiger partial charge in [0.15, 0.2) is 0 Å². The van der Waals surface area contributed by atoms with Crippen LogP contribution in [0, 0.1) is 0 Å². The number of thiophene rings is 1. The molecule has 0 aliphatic carbocycles. The fourth-order valence-corrected chi connectivity index (χ4v) is 3.17. The number of benzene rings is 1. The summed E-state index contributed by atoms with van der Waals surface area (Å²) in [6.07, 6.45) is 0. The molecule has 1 amide bonds. The van der Waals surface area contributed by atoms with E-state index in [2.05, 4.69) is 5.32 Å². The van der Waals surface area contributed by atoms with Crippen LogP contribution in [0.2, 0.25) is 5.02 Å². The molecule has 2 rings (SSSR count). The number of hydrogen-bond acceptors (Lipinski definition) is 4. The molecule has 2 aromatic rings. The maximum atomic E-state index is 11.7. The molecule has 0 radical (unpaired) electrons. The number of amides is 1. The summed E-state index contributed by atoms with van der Waals surface area (Å²) in [6.45, 7) is 0.512. The van der Waals surface area contributed by atoms with E-state index in [9.17, 15) is 9.59 Å². The molecule has 21 heavy (non-hydrogen) atoms. The van der Waals surface area contributed by atoms with Crippen molar-refractivity contribution in [3.05, 3.63) is 51.2 Å². The van der Waals surface area contributed by atoms with E-state index in [1.165, 1.54) is 23.9 Å². The number of hydrogen-bond donors (Lipinski definition) is 2. The molecule has 1 aromatic heterocycles. The Kier molecular flexibility index (Phi) is 5.67. The van der Waals surface area contributed by atoms with E-state index in [1.54, 1.807) is 17.4 Å². The van der Waals surface area contributed by atoms with E-state index in [0.717, 1.165) is 4.88 Å². The van der Waals surface area contributed by atoms with Gasteiger partial charge in [-0.25, -0.2) is 4.79 Å². The van der Waals surface area contributed by atoms with Crippen LogP contribution in [0.15, 0.2) is 40.6 Å². The minimum atomic E-state index is -1.08. The van der Waals surface area contributed by atoms with Gasteiger partial charge in [-0.05, 0) is 29.6 Å². The first-order valence-corrected chi connectivity index (χ1v) is 8.25. The Morgan fingerprint density at radius 2 is 2.14 bits per heavy atom. The van der Waals surface area contributed by atoms with Crippen LogP contribution in [0.3, 0.4) is 0 Å². The van der Waals surface area contributed by atoms with E-state index < -0.39 is 5.97 Å². The first-order chi connectivity index (χ1) is 10.1.